The second kappa shape index (κ2) is 7.13. The van der Waals surface area contributed by atoms with E-state index in [2.05, 4.69) is 29.0 Å². The van der Waals surface area contributed by atoms with E-state index in [1.807, 2.05) is 6.92 Å². The smallest absolute Gasteiger partial charge is 0.365 e. The van der Waals surface area contributed by atoms with Crippen LogP contribution >= 0.6 is 11.6 Å². The summed E-state index contributed by atoms with van der Waals surface area (Å²) in [5.74, 6) is 0.277. The van der Waals surface area contributed by atoms with Gasteiger partial charge in [-0.1, -0.05) is 25.4 Å². The molecule has 114 valence electrons. The molecule has 0 aromatic carbocycles. The Bertz CT molecular complexity index is 433. The van der Waals surface area contributed by atoms with Gasteiger partial charge in [0, 0.05) is 18.8 Å². The first kappa shape index (κ1) is 17.0. The van der Waals surface area contributed by atoms with E-state index >= 15 is 0 Å². The molecular weight excluding hydrogens is 291 g/mol. The molecule has 0 aliphatic heterocycles. The molecule has 0 bridgehead atoms. The summed E-state index contributed by atoms with van der Waals surface area (Å²) in [7, 11) is 0. The first-order valence-corrected chi connectivity index (χ1v) is 6.87. The van der Waals surface area contributed by atoms with E-state index in [1.54, 1.807) is 0 Å². The Labute approximate surface area is 122 Å². The Morgan fingerprint density at radius 1 is 1.35 bits per heavy atom. The van der Waals surface area contributed by atoms with Gasteiger partial charge < -0.3 is 10.2 Å². The van der Waals surface area contributed by atoms with Crippen LogP contribution in [0.25, 0.3) is 0 Å². The molecule has 0 aliphatic rings. The molecule has 1 atom stereocenters. The standard InChI is InChI=1S/C13H19ClF3N3/c1-4-20(5-2)8-9(3)19-12-11(14)6-10(7-18-12)13(15,16)17/h6-7,9H,4-5,8H2,1-3H3,(H,18,19). The molecule has 0 radical (unpaired) electrons. The maximum atomic E-state index is 12.5. The Hall–Kier alpha value is -1.01. The Morgan fingerprint density at radius 2 is 1.95 bits per heavy atom. The van der Waals surface area contributed by atoms with Crippen LogP contribution in [0.15, 0.2) is 12.3 Å². The van der Waals surface area contributed by atoms with Gasteiger partial charge in [0.2, 0.25) is 0 Å². The van der Waals surface area contributed by atoms with Crippen LogP contribution in [-0.2, 0) is 6.18 Å². The van der Waals surface area contributed by atoms with E-state index in [1.165, 1.54) is 0 Å². The zero-order chi connectivity index (χ0) is 15.3. The van der Waals surface area contributed by atoms with E-state index in [9.17, 15) is 13.2 Å². The van der Waals surface area contributed by atoms with Crippen LogP contribution < -0.4 is 5.32 Å². The lowest BCUT2D eigenvalue weighted by molar-refractivity contribution is -0.137. The molecule has 0 spiro atoms. The quantitative estimate of drug-likeness (QED) is 0.864. The van der Waals surface area contributed by atoms with Gasteiger partial charge in [0.05, 0.1) is 10.6 Å². The molecule has 1 aromatic rings. The van der Waals surface area contributed by atoms with Gasteiger partial charge in [-0.05, 0) is 26.1 Å². The van der Waals surface area contributed by atoms with Crippen LogP contribution in [0.1, 0.15) is 26.3 Å². The number of hydrogen-bond acceptors (Lipinski definition) is 3. The van der Waals surface area contributed by atoms with Crippen LogP contribution in [0.3, 0.4) is 0 Å². The summed E-state index contributed by atoms with van der Waals surface area (Å²) in [6, 6.07) is 0.928. The largest absolute Gasteiger partial charge is 0.417 e. The SMILES string of the molecule is CCN(CC)CC(C)Nc1ncc(C(F)(F)F)cc1Cl. The normalized spacial score (nSPS) is 13.6. The number of pyridine rings is 1. The topological polar surface area (TPSA) is 28.2 Å². The number of likely N-dealkylation sites (N-methyl/N-ethyl adjacent to an activating group) is 1. The molecule has 1 N–H and O–H groups in total. The van der Waals surface area contributed by atoms with Crippen molar-refractivity contribution >= 4 is 17.4 Å². The van der Waals surface area contributed by atoms with Crippen molar-refractivity contribution in [2.24, 2.45) is 0 Å². The van der Waals surface area contributed by atoms with Crippen molar-refractivity contribution in [1.29, 1.82) is 0 Å². The fourth-order valence-corrected chi connectivity index (χ4v) is 2.07. The average molecular weight is 310 g/mol. The summed E-state index contributed by atoms with van der Waals surface area (Å²) in [5, 5.41) is 3.01. The lowest BCUT2D eigenvalue weighted by Crippen LogP contribution is -2.35. The Kier molecular flexibility index (Phi) is 6.07. The third-order valence-electron chi connectivity index (χ3n) is 2.98. The summed E-state index contributed by atoms with van der Waals surface area (Å²) in [5.41, 5.74) is -0.843. The molecule has 1 aromatic heterocycles. The molecule has 7 heteroatoms. The van der Waals surface area contributed by atoms with Crippen molar-refractivity contribution in [2.45, 2.75) is 33.0 Å². The zero-order valence-electron chi connectivity index (χ0n) is 11.8. The van der Waals surface area contributed by atoms with E-state index in [0.29, 0.717) is 0 Å². The first-order chi connectivity index (χ1) is 9.27. The third kappa shape index (κ3) is 4.83. The predicted molar refractivity (Wildman–Crippen MR) is 75.1 cm³/mol. The number of halogens is 4. The minimum atomic E-state index is -4.43. The molecule has 20 heavy (non-hydrogen) atoms. The Morgan fingerprint density at radius 3 is 2.40 bits per heavy atom. The molecule has 0 fully saturated rings. The number of alkyl halides is 3. The van der Waals surface area contributed by atoms with Crippen molar-refractivity contribution in [3.05, 3.63) is 22.8 Å². The molecule has 1 heterocycles. The number of hydrogen-bond donors (Lipinski definition) is 1. The number of aromatic nitrogens is 1. The van der Waals surface area contributed by atoms with Crippen LogP contribution in [0.4, 0.5) is 19.0 Å². The highest BCUT2D eigenvalue weighted by atomic mass is 35.5. The van der Waals surface area contributed by atoms with E-state index in [4.69, 9.17) is 11.6 Å². The molecule has 0 saturated heterocycles. The highest BCUT2D eigenvalue weighted by Crippen LogP contribution is 2.32. The van der Waals surface area contributed by atoms with Gasteiger partial charge in [-0.25, -0.2) is 4.98 Å². The lowest BCUT2D eigenvalue weighted by atomic mass is 10.2. The van der Waals surface area contributed by atoms with Crippen LogP contribution in [0.5, 0.6) is 0 Å². The van der Waals surface area contributed by atoms with Gasteiger partial charge in [0.15, 0.2) is 0 Å². The highest BCUT2D eigenvalue weighted by molar-refractivity contribution is 6.32. The average Bonchev–Trinajstić information content (AvgIpc) is 2.37. The van der Waals surface area contributed by atoms with E-state index in [-0.39, 0.29) is 16.9 Å². The summed E-state index contributed by atoms with van der Waals surface area (Å²) in [6.45, 7) is 8.65. The summed E-state index contributed by atoms with van der Waals surface area (Å²) in [4.78, 5) is 5.97. The van der Waals surface area contributed by atoms with Gasteiger partial charge in [-0.2, -0.15) is 13.2 Å². The van der Waals surface area contributed by atoms with Crippen molar-refractivity contribution in [3.63, 3.8) is 0 Å². The zero-order valence-corrected chi connectivity index (χ0v) is 12.5. The summed E-state index contributed by atoms with van der Waals surface area (Å²) in [6.07, 6.45) is -3.64. The van der Waals surface area contributed by atoms with Gasteiger partial charge in [0.25, 0.3) is 0 Å². The second-order valence-electron chi connectivity index (χ2n) is 4.58. The van der Waals surface area contributed by atoms with Crippen LogP contribution in [0.2, 0.25) is 5.02 Å². The van der Waals surface area contributed by atoms with E-state index in [0.717, 1.165) is 31.9 Å². The molecule has 0 amide bonds. The van der Waals surface area contributed by atoms with Crippen molar-refractivity contribution < 1.29 is 13.2 Å². The second-order valence-corrected chi connectivity index (χ2v) is 4.99. The van der Waals surface area contributed by atoms with Crippen LogP contribution in [-0.4, -0.2) is 35.6 Å². The summed E-state index contributed by atoms with van der Waals surface area (Å²) < 4.78 is 37.5. The number of nitrogens with zero attached hydrogens (tertiary/aromatic N) is 2. The van der Waals surface area contributed by atoms with Crippen LogP contribution in [0, 0.1) is 0 Å². The molecule has 0 aliphatic carbocycles. The van der Waals surface area contributed by atoms with Crippen molar-refractivity contribution in [1.82, 2.24) is 9.88 Å². The maximum Gasteiger partial charge on any atom is 0.417 e. The van der Waals surface area contributed by atoms with E-state index < -0.39 is 11.7 Å². The number of rotatable bonds is 6. The molecule has 3 nitrogen and oxygen atoms in total. The van der Waals surface area contributed by atoms with Gasteiger partial charge in [-0.3, -0.25) is 0 Å². The monoisotopic (exact) mass is 309 g/mol. The highest BCUT2D eigenvalue weighted by Gasteiger charge is 2.31. The fourth-order valence-electron chi connectivity index (χ4n) is 1.85. The predicted octanol–water partition coefficient (Wildman–Crippen LogP) is 3.90. The molecular formula is C13H19ClF3N3. The first-order valence-electron chi connectivity index (χ1n) is 6.49. The minimum Gasteiger partial charge on any atom is -0.365 e. The lowest BCUT2D eigenvalue weighted by Gasteiger charge is -2.24. The number of anilines is 1. The minimum absolute atomic E-state index is 0.0220. The summed E-state index contributed by atoms with van der Waals surface area (Å²) >= 11 is 5.85. The maximum absolute atomic E-state index is 12.5. The molecule has 1 rings (SSSR count). The third-order valence-corrected chi connectivity index (χ3v) is 3.27. The molecule has 0 saturated carbocycles. The van der Waals surface area contributed by atoms with Gasteiger partial charge in [-0.15, -0.1) is 0 Å². The Balaban J connectivity index is 2.74. The van der Waals surface area contributed by atoms with Gasteiger partial charge in [0.1, 0.15) is 5.82 Å². The van der Waals surface area contributed by atoms with Gasteiger partial charge >= 0.3 is 6.18 Å². The number of nitrogens with one attached hydrogen (secondary N) is 1. The molecule has 1 unspecified atom stereocenters. The van der Waals surface area contributed by atoms with Crippen molar-refractivity contribution in [2.75, 3.05) is 25.0 Å². The fraction of sp³-hybridized carbons (Fsp3) is 0.615. The van der Waals surface area contributed by atoms with Crippen molar-refractivity contribution in [3.8, 4) is 0 Å².